The van der Waals surface area contributed by atoms with Crippen molar-refractivity contribution in [2.75, 3.05) is 19.6 Å². The fourth-order valence-corrected chi connectivity index (χ4v) is 4.00. The number of hydrogen-bond acceptors (Lipinski definition) is 4. The minimum Gasteiger partial charge on any atom is -0.334 e. The zero-order valence-electron chi connectivity index (χ0n) is 13.9. The van der Waals surface area contributed by atoms with Crippen LogP contribution in [0.15, 0.2) is 41.8 Å². The van der Waals surface area contributed by atoms with E-state index in [1.54, 1.807) is 17.0 Å². The molecule has 132 valence electrons. The minimum atomic E-state index is -3.65. The summed E-state index contributed by atoms with van der Waals surface area (Å²) in [6, 6.07) is 6.11. The molecule has 1 aromatic carbocycles. The number of nitrogens with two attached hydrogens (primary N) is 1. The van der Waals surface area contributed by atoms with Crippen molar-refractivity contribution < 1.29 is 13.2 Å². The molecule has 1 amide bonds. The molecule has 1 fully saturated rings. The van der Waals surface area contributed by atoms with Gasteiger partial charge in [-0.15, -0.1) is 6.58 Å². The van der Waals surface area contributed by atoms with Crippen LogP contribution >= 0.6 is 0 Å². The van der Waals surface area contributed by atoms with Crippen LogP contribution in [0.2, 0.25) is 0 Å². The lowest BCUT2D eigenvalue weighted by Gasteiger charge is -2.38. The van der Waals surface area contributed by atoms with Gasteiger partial charge in [-0.05, 0) is 37.0 Å². The molecule has 3 N–H and O–H groups in total. The topological polar surface area (TPSA) is 92.5 Å². The first kappa shape index (κ1) is 18.6. The smallest absolute Gasteiger partial charge is 0.254 e. The van der Waals surface area contributed by atoms with Gasteiger partial charge >= 0.3 is 0 Å². The Kier molecular flexibility index (Phi) is 6.15. The number of carbonyl (C=O) groups excluding carboxylic acids is 1. The third-order valence-electron chi connectivity index (χ3n) is 4.32. The molecule has 1 aliphatic rings. The van der Waals surface area contributed by atoms with Crippen LogP contribution in [0, 0.1) is 5.92 Å². The first-order chi connectivity index (χ1) is 11.4. The summed E-state index contributed by atoms with van der Waals surface area (Å²) in [5.74, 6) is 0.371. The highest BCUT2D eigenvalue weighted by molar-refractivity contribution is 7.89. The molecule has 2 unspecified atom stereocenters. The van der Waals surface area contributed by atoms with E-state index >= 15 is 0 Å². The van der Waals surface area contributed by atoms with Gasteiger partial charge in [0.1, 0.15) is 0 Å². The summed E-state index contributed by atoms with van der Waals surface area (Å²) in [5, 5.41) is 0. The summed E-state index contributed by atoms with van der Waals surface area (Å²) in [6.45, 7) is 6.84. The molecule has 1 aliphatic heterocycles. The number of sulfonamides is 1. The lowest BCUT2D eigenvalue weighted by molar-refractivity contribution is 0.0573. The predicted octanol–water partition coefficient (Wildman–Crippen LogP) is 1.35. The van der Waals surface area contributed by atoms with Gasteiger partial charge in [-0.3, -0.25) is 4.79 Å². The van der Waals surface area contributed by atoms with Gasteiger partial charge in [-0.25, -0.2) is 13.1 Å². The lowest BCUT2D eigenvalue weighted by Crippen LogP contribution is -2.49. The van der Waals surface area contributed by atoms with Crippen LogP contribution in [0.4, 0.5) is 0 Å². The molecule has 2 rings (SSSR count). The van der Waals surface area contributed by atoms with Gasteiger partial charge in [0.05, 0.1) is 4.90 Å². The number of rotatable bonds is 6. The van der Waals surface area contributed by atoms with E-state index in [0.717, 1.165) is 12.8 Å². The molecule has 6 nitrogen and oxygen atoms in total. The number of likely N-dealkylation sites (tertiary alicyclic amines) is 1. The second-order valence-electron chi connectivity index (χ2n) is 6.19. The highest BCUT2D eigenvalue weighted by Gasteiger charge is 2.30. The molecule has 0 aliphatic carbocycles. The van der Waals surface area contributed by atoms with Crippen LogP contribution in [0.1, 0.15) is 30.1 Å². The highest BCUT2D eigenvalue weighted by Crippen LogP contribution is 2.24. The molecule has 1 aromatic rings. The largest absolute Gasteiger partial charge is 0.334 e. The van der Waals surface area contributed by atoms with Gasteiger partial charge in [0.2, 0.25) is 10.0 Å². The summed E-state index contributed by atoms with van der Waals surface area (Å²) in [5.41, 5.74) is 6.18. The Labute approximate surface area is 143 Å². The molecule has 1 heterocycles. The van der Waals surface area contributed by atoms with Gasteiger partial charge in [0.15, 0.2) is 0 Å². The van der Waals surface area contributed by atoms with E-state index in [1.165, 1.54) is 18.2 Å². The van der Waals surface area contributed by atoms with E-state index in [9.17, 15) is 13.2 Å². The normalized spacial score (nSPS) is 21.5. The Bertz CT molecular complexity index is 703. The zero-order chi connectivity index (χ0) is 17.7. The van der Waals surface area contributed by atoms with Crippen molar-refractivity contribution in [3.8, 4) is 0 Å². The minimum absolute atomic E-state index is 0.000374. The fraction of sp³-hybridized carbons (Fsp3) is 0.471. The number of hydrogen-bond donors (Lipinski definition) is 2. The van der Waals surface area contributed by atoms with E-state index < -0.39 is 10.0 Å². The number of nitrogens with zero attached hydrogens (tertiary/aromatic N) is 1. The predicted molar refractivity (Wildman–Crippen MR) is 94.1 cm³/mol. The first-order valence-electron chi connectivity index (χ1n) is 8.10. The maximum absolute atomic E-state index is 12.8. The van der Waals surface area contributed by atoms with Crippen molar-refractivity contribution in [3.05, 3.63) is 42.5 Å². The molecular formula is C17H25N3O3S. The lowest BCUT2D eigenvalue weighted by atomic mass is 9.92. The van der Waals surface area contributed by atoms with Crippen LogP contribution < -0.4 is 10.5 Å². The van der Waals surface area contributed by atoms with Crippen molar-refractivity contribution in [3.63, 3.8) is 0 Å². The maximum atomic E-state index is 12.8. The summed E-state index contributed by atoms with van der Waals surface area (Å²) >= 11 is 0. The van der Waals surface area contributed by atoms with Crippen LogP contribution in [0.5, 0.6) is 0 Å². The van der Waals surface area contributed by atoms with Crippen molar-refractivity contribution >= 4 is 15.9 Å². The van der Waals surface area contributed by atoms with E-state index in [4.69, 9.17) is 5.73 Å². The highest BCUT2D eigenvalue weighted by atomic mass is 32.2. The Morgan fingerprint density at radius 2 is 2.25 bits per heavy atom. The standard InChI is InChI=1S/C17H25N3O3S/c1-3-8-19-24(22,23)16-6-4-5-14(11-16)17(21)20-9-7-13(2)10-15(20)12-18/h3-6,11,13,15,19H,1,7-10,12,18H2,2H3. The number of nitrogens with one attached hydrogen (secondary N) is 1. The van der Waals surface area contributed by atoms with Crippen LogP contribution in [-0.4, -0.2) is 44.9 Å². The monoisotopic (exact) mass is 351 g/mol. The van der Waals surface area contributed by atoms with Crippen molar-refractivity contribution in [1.29, 1.82) is 0 Å². The molecule has 24 heavy (non-hydrogen) atoms. The number of benzene rings is 1. The third kappa shape index (κ3) is 4.23. The Balaban J connectivity index is 2.24. The van der Waals surface area contributed by atoms with Crippen LogP contribution in [0.3, 0.4) is 0 Å². The summed E-state index contributed by atoms with van der Waals surface area (Å²) < 4.78 is 26.8. The van der Waals surface area contributed by atoms with Gasteiger partial charge < -0.3 is 10.6 Å². The quantitative estimate of drug-likeness (QED) is 0.757. The number of carbonyl (C=O) groups is 1. The molecule has 0 aromatic heterocycles. The van der Waals surface area contributed by atoms with E-state index in [2.05, 4.69) is 18.2 Å². The molecule has 2 atom stereocenters. The third-order valence-corrected chi connectivity index (χ3v) is 5.74. The Morgan fingerprint density at radius 1 is 1.50 bits per heavy atom. The zero-order valence-corrected chi connectivity index (χ0v) is 14.8. The fourth-order valence-electron chi connectivity index (χ4n) is 2.96. The van der Waals surface area contributed by atoms with Crippen LogP contribution in [-0.2, 0) is 10.0 Å². The molecule has 0 bridgehead atoms. The second-order valence-corrected chi connectivity index (χ2v) is 7.95. The van der Waals surface area contributed by atoms with E-state index in [0.29, 0.717) is 24.6 Å². The van der Waals surface area contributed by atoms with Crippen LogP contribution in [0.25, 0.3) is 0 Å². The molecule has 0 spiro atoms. The van der Waals surface area contributed by atoms with Gasteiger partial charge in [-0.1, -0.05) is 19.1 Å². The maximum Gasteiger partial charge on any atom is 0.254 e. The molecule has 0 saturated carbocycles. The van der Waals surface area contributed by atoms with Gasteiger partial charge in [0.25, 0.3) is 5.91 Å². The number of piperidine rings is 1. The molecule has 0 radical (unpaired) electrons. The molecular weight excluding hydrogens is 326 g/mol. The molecule has 7 heteroatoms. The van der Waals surface area contributed by atoms with E-state index in [1.807, 2.05) is 0 Å². The Hall–Kier alpha value is -1.70. The van der Waals surface area contributed by atoms with E-state index in [-0.39, 0.29) is 23.4 Å². The SMILES string of the molecule is C=CCNS(=O)(=O)c1cccc(C(=O)N2CCC(C)CC2CN)c1. The number of amides is 1. The van der Waals surface area contributed by atoms with Gasteiger partial charge in [0, 0.05) is 31.2 Å². The molecule has 1 saturated heterocycles. The van der Waals surface area contributed by atoms with Crippen molar-refractivity contribution in [1.82, 2.24) is 9.62 Å². The first-order valence-corrected chi connectivity index (χ1v) is 9.59. The van der Waals surface area contributed by atoms with Crippen molar-refractivity contribution in [2.45, 2.75) is 30.7 Å². The second kappa shape index (κ2) is 7.92. The average molecular weight is 351 g/mol. The van der Waals surface area contributed by atoms with Gasteiger partial charge in [-0.2, -0.15) is 0 Å². The summed E-state index contributed by atoms with van der Waals surface area (Å²) in [4.78, 5) is 14.6. The van der Waals surface area contributed by atoms with Crippen molar-refractivity contribution in [2.24, 2.45) is 11.7 Å². The summed E-state index contributed by atoms with van der Waals surface area (Å²) in [6.07, 6.45) is 3.27. The average Bonchev–Trinajstić information content (AvgIpc) is 2.59. The Morgan fingerprint density at radius 3 is 2.92 bits per heavy atom. The summed E-state index contributed by atoms with van der Waals surface area (Å²) in [7, 11) is -3.65.